The lowest BCUT2D eigenvalue weighted by molar-refractivity contribution is -0.383. The number of hydrogen-bond acceptors (Lipinski definition) is 6. The minimum atomic E-state index is -0.476. The van der Waals surface area contributed by atoms with Gasteiger partial charge >= 0.3 is 5.69 Å². The van der Waals surface area contributed by atoms with Gasteiger partial charge in [-0.25, -0.2) is 9.97 Å². The summed E-state index contributed by atoms with van der Waals surface area (Å²) in [7, 11) is 3.34. The molecular formula is C13H15N5O2. The number of anilines is 3. The number of benzene rings is 1. The molecule has 7 heteroatoms. The Morgan fingerprint density at radius 3 is 2.60 bits per heavy atom. The summed E-state index contributed by atoms with van der Waals surface area (Å²) in [6.07, 6.45) is 1.31. The van der Waals surface area contributed by atoms with Gasteiger partial charge in [0, 0.05) is 19.8 Å². The van der Waals surface area contributed by atoms with E-state index in [-0.39, 0.29) is 17.3 Å². The maximum atomic E-state index is 11.3. The summed E-state index contributed by atoms with van der Waals surface area (Å²) in [5.41, 5.74) is 1.73. The summed E-state index contributed by atoms with van der Waals surface area (Å²) in [4.78, 5) is 20.4. The Bertz CT molecular complexity index is 644. The Hall–Kier alpha value is -2.70. The lowest BCUT2D eigenvalue weighted by atomic mass is 10.2. The molecule has 2 aromatic rings. The topological polar surface area (TPSA) is 84.2 Å². The second-order valence-corrected chi connectivity index (χ2v) is 4.25. The Balaban J connectivity index is 2.58. The van der Waals surface area contributed by atoms with Gasteiger partial charge in [0.2, 0.25) is 11.6 Å². The molecule has 7 nitrogen and oxygen atoms in total. The third-order valence-electron chi connectivity index (χ3n) is 3.02. The van der Waals surface area contributed by atoms with E-state index in [4.69, 9.17) is 0 Å². The summed E-state index contributed by atoms with van der Waals surface area (Å²) in [6, 6.07) is 7.63. The van der Waals surface area contributed by atoms with Crippen molar-refractivity contribution in [3.8, 4) is 0 Å². The smallest absolute Gasteiger partial charge is 0.353 e. The van der Waals surface area contributed by atoms with Crippen LogP contribution in [0.2, 0.25) is 0 Å². The predicted molar refractivity (Wildman–Crippen MR) is 77.5 cm³/mol. The number of aryl methyl sites for hydroxylation is 1. The van der Waals surface area contributed by atoms with Crippen molar-refractivity contribution in [1.29, 1.82) is 0 Å². The molecule has 0 saturated carbocycles. The average molecular weight is 273 g/mol. The van der Waals surface area contributed by atoms with E-state index in [1.54, 1.807) is 19.0 Å². The van der Waals surface area contributed by atoms with Crippen LogP contribution >= 0.6 is 0 Å². The lowest BCUT2D eigenvalue weighted by Gasteiger charge is -2.20. The molecule has 0 saturated heterocycles. The van der Waals surface area contributed by atoms with E-state index in [0.717, 1.165) is 11.3 Å². The fourth-order valence-electron chi connectivity index (χ4n) is 2.02. The molecule has 0 unspecified atom stereocenters. The van der Waals surface area contributed by atoms with Crippen molar-refractivity contribution in [2.45, 2.75) is 6.92 Å². The van der Waals surface area contributed by atoms with Gasteiger partial charge in [0.1, 0.15) is 6.33 Å². The van der Waals surface area contributed by atoms with E-state index in [2.05, 4.69) is 15.3 Å². The highest BCUT2D eigenvalue weighted by molar-refractivity contribution is 5.76. The van der Waals surface area contributed by atoms with Gasteiger partial charge in [-0.15, -0.1) is 0 Å². The molecule has 0 spiro atoms. The second kappa shape index (κ2) is 5.52. The minimum Gasteiger partial charge on any atom is -0.367 e. The maximum absolute atomic E-state index is 11.3. The van der Waals surface area contributed by atoms with Gasteiger partial charge in [-0.1, -0.05) is 18.2 Å². The monoisotopic (exact) mass is 273 g/mol. The van der Waals surface area contributed by atoms with Gasteiger partial charge in [0.25, 0.3) is 0 Å². The first kappa shape index (κ1) is 13.7. The molecule has 0 bridgehead atoms. The molecule has 0 amide bonds. The van der Waals surface area contributed by atoms with Crippen LogP contribution < -0.4 is 10.2 Å². The van der Waals surface area contributed by atoms with Crippen molar-refractivity contribution < 1.29 is 4.92 Å². The van der Waals surface area contributed by atoms with E-state index in [9.17, 15) is 10.1 Å². The number of nitrogens with zero attached hydrogens (tertiary/aromatic N) is 4. The molecule has 2 rings (SSSR count). The van der Waals surface area contributed by atoms with Crippen molar-refractivity contribution >= 4 is 23.0 Å². The number of nitro groups is 1. The molecule has 0 radical (unpaired) electrons. The van der Waals surface area contributed by atoms with Crippen molar-refractivity contribution in [2.24, 2.45) is 0 Å². The van der Waals surface area contributed by atoms with Crippen molar-refractivity contribution in [3.05, 3.63) is 46.3 Å². The average Bonchev–Trinajstić information content (AvgIpc) is 2.46. The number of para-hydroxylation sites is 1. The summed E-state index contributed by atoms with van der Waals surface area (Å²) >= 11 is 0. The summed E-state index contributed by atoms with van der Waals surface area (Å²) in [5, 5.41) is 14.0. The standard InChI is InChI=1S/C13H15N5O2/c1-9-6-4-5-7-10(9)17(3)13-11(18(19)20)12(14-2)15-8-16-13/h4-8H,1-3H3,(H,14,15,16). The first-order valence-corrected chi connectivity index (χ1v) is 6.02. The molecule has 104 valence electrons. The molecule has 1 heterocycles. The van der Waals surface area contributed by atoms with E-state index in [0.29, 0.717) is 0 Å². The Morgan fingerprint density at radius 2 is 2.00 bits per heavy atom. The van der Waals surface area contributed by atoms with Crippen LogP contribution in [0.3, 0.4) is 0 Å². The van der Waals surface area contributed by atoms with E-state index >= 15 is 0 Å². The quantitative estimate of drug-likeness (QED) is 0.680. The summed E-state index contributed by atoms with van der Waals surface area (Å²) < 4.78 is 0. The SMILES string of the molecule is CNc1ncnc(N(C)c2ccccc2C)c1[N+](=O)[O-]. The van der Waals surface area contributed by atoms with Crippen LogP contribution in [0.4, 0.5) is 23.0 Å². The van der Waals surface area contributed by atoms with Crippen LogP contribution in [-0.2, 0) is 0 Å². The van der Waals surface area contributed by atoms with Crippen LogP contribution in [0, 0.1) is 17.0 Å². The maximum Gasteiger partial charge on any atom is 0.353 e. The Kier molecular flexibility index (Phi) is 3.79. The zero-order valence-corrected chi connectivity index (χ0v) is 11.5. The fraction of sp³-hybridized carbons (Fsp3) is 0.231. The third kappa shape index (κ3) is 2.37. The number of nitrogens with one attached hydrogen (secondary N) is 1. The molecule has 20 heavy (non-hydrogen) atoms. The number of rotatable bonds is 4. The number of aromatic nitrogens is 2. The van der Waals surface area contributed by atoms with Gasteiger partial charge < -0.3 is 10.2 Å². The van der Waals surface area contributed by atoms with E-state index in [1.165, 1.54) is 6.33 Å². The normalized spacial score (nSPS) is 10.2. The van der Waals surface area contributed by atoms with Crippen LogP contribution in [0.15, 0.2) is 30.6 Å². The highest BCUT2D eigenvalue weighted by Gasteiger charge is 2.25. The molecule has 1 aromatic heterocycles. The first-order valence-electron chi connectivity index (χ1n) is 6.02. The van der Waals surface area contributed by atoms with Crippen molar-refractivity contribution in [1.82, 2.24) is 9.97 Å². The van der Waals surface area contributed by atoms with Gasteiger partial charge in [-0.2, -0.15) is 0 Å². The van der Waals surface area contributed by atoms with Crippen LogP contribution in [-0.4, -0.2) is 29.0 Å². The zero-order chi connectivity index (χ0) is 14.7. The number of hydrogen-bond donors (Lipinski definition) is 1. The van der Waals surface area contributed by atoms with Crippen LogP contribution in [0.5, 0.6) is 0 Å². The predicted octanol–water partition coefficient (Wildman–Crippen LogP) is 2.50. The van der Waals surface area contributed by atoms with E-state index < -0.39 is 4.92 Å². The van der Waals surface area contributed by atoms with Gasteiger partial charge in [-0.3, -0.25) is 10.1 Å². The molecule has 0 aliphatic heterocycles. The second-order valence-electron chi connectivity index (χ2n) is 4.25. The molecule has 0 aliphatic carbocycles. The highest BCUT2D eigenvalue weighted by Crippen LogP contribution is 2.35. The molecule has 0 atom stereocenters. The Morgan fingerprint density at radius 1 is 1.30 bits per heavy atom. The minimum absolute atomic E-state index is 0.138. The Labute approximate surface area is 116 Å². The molecule has 0 fully saturated rings. The van der Waals surface area contributed by atoms with Crippen LogP contribution in [0.1, 0.15) is 5.56 Å². The largest absolute Gasteiger partial charge is 0.367 e. The van der Waals surface area contributed by atoms with Gasteiger partial charge in [0.15, 0.2) is 0 Å². The molecular weight excluding hydrogens is 258 g/mol. The molecule has 1 N–H and O–H groups in total. The highest BCUT2D eigenvalue weighted by atomic mass is 16.6. The molecule has 1 aromatic carbocycles. The van der Waals surface area contributed by atoms with Crippen LogP contribution in [0.25, 0.3) is 0 Å². The fourth-order valence-corrected chi connectivity index (χ4v) is 2.02. The third-order valence-corrected chi connectivity index (χ3v) is 3.02. The van der Waals surface area contributed by atoms with Crippen molar-refractivity contribution in [2.75, 3.05) is 24.3 Å². The van der Waals surface area contributed by atoms with Gasteiger partial charge in [-0.05, 0) is 18.6 Å². The summed E-state index contributed by atoms with van der Waals surface area (Å²) in [6.45, 7) is 1.94. The van der Waals surface area contributed by atoms with E-state index in [1.807, 2.05) is 31.2 Å². The van der Waals surface area contributed by atoms with Gasteiger partial charge in [0.05, 0.1) is 4.92 Å². The molecule has 0 aliphatic rings. The first-order chi connectivity index (χ1) is 9.56. The zero-order valence-electron chi connectivity index (χ0n) is 11.5. The lowest BCUT2D eigenvalue weighted by Crippen LogP contribution is -2.15. The van der Waals surface area contributed by atoms with Crippen molar-refractivity contribution in [3.63, 3.8) is 0 Å². The summed E-state index contributed by atoms with van der Waals surface area (Å²) in [5.74, 6) is 0.448.